The van der Waals surface area contributed by atoms with Crippen molar-refractivity contribution in [1.29, 1.82) is 1.43 Å². The van der Waals surface area contributed by atoms with Crippen LogP contribution in [-0.4, -0.2) is 62.9 Å². The smallest absolute Gasteiger partial charge is 1.00 e. The molecule has 1 aliphatic rings. The predicted molar refractivity (Wildman–Crippen MR) is 130 cm³/mol. The summed E-state index contributed by atoms with van der Waals surface area (Å²) in [6.07, 6.45) is -0.299. The average molecular weight is 556 g/mol. The predicted octanol–water partition coefficient (Wildman–Crippen LogP) is 0.788. The molecule has 0 amide bonds. The van der Waals surface area contributed by atoms with Crippen LogP contribution >= 0.6 is 10.7 Å². The van der Waals surface area contributed by atoms with Crippen molar-refractivity contribution < 1.29 is 74.8 Å². The summed E-state index contributed by atoms with van der Waals surface area (Å²) < 4.78 is 104. The maximum atomic E-state index is 11.9. The van der Waals surface area contributed by atoms with E-state index in [4.69, 9.17) is 29.3 Å². The summed E-state index contributed by atoms with van der Waals surface area (Å²) in [6, 6.07) is 12.5. The summed E-state index contributed by atoms with van der Waals surface area (Å²) >= 11 is 0. The maximum absolute atomic E-state index is 11.9. The Morgan fingerprint density at radius 3 is 1.85 bits per heavy atom. The number of aryl methyl sites for hydroxylation is 2. The molecule has 0 spiro atoms. The minimum Gasteiger partial charge on any atom is -1.00 e. The normalized spacial score (nSPS) is 18.7. The zero-order valence-corrected chi connectivity index (χ0v) is 24.0. The minimum atomic E-state index is -3.91. The van der Waals surface area contributed by atoms with E-state index in [0.717, 1.165) is 17.7 Å². The second kappa shape index (κ2) is 17.8. The molecule has 1 heterocycles. The third kappa shape index (κ3) is 16.2. The maximum Gasteiger partial charge on any atom is 1.00 e. The van der Waals surface area contributed by atoms with Gasteiger partial charge in [0.05, 0.1) is 43.4 Å². The molecular formula is C22H34ClNaO8S2. The summed E-state index contributed by atoms with van der Waals surface area (Å²) in [5.41, 5.74) is 1.94. The summed E-state index contributed by atoms with van der Waals surface area (Å²) in [5, 5.41) is 3.19. The summed E-state index contributed by atoms with van der Waals surface area (Å²) in [4.78, 5) is 0.170. The van der Waals surface area contributed by atoms with E-state index in [1.165, 1.54) is 31.2 Å². The van der Waals surface area contributed by atoms with Crippen LogP contribution in [0.3, 0.4) is 0 Å². The summed E-state index contributed by atoms with van der Waals surface area (Å²) in [5.74, 6) is 0. The van der Waals surface area contributed by atoms with Gasteiger partial charge in [0.15, 0.2) is 0 Å². The molecule has 0 aromatic heterocycles. The molecule has 8 nitrogen and oxygen atoms in total. The fraction of sp³-hybridized carbons (Fsp3) is 0.455. The zero-order valence-electron chi connectivity index (χ0n) is 27.6. The van der Waals surface area contributed by atoms with Gasteiger partial charge in [-0.2, -0.15) is 8.42 Å². The van der Waals surface area contributed by atoms with Crippen LogP contribution in [0.5, 0.6) is 0 Å². The Morgan fingerprint density at radius 1 is 1.12 bits per heavy atom. The van der Waals surface area contributed by atoms with Gasteiger partial charge in [0.25, 0.3) is 19.2 Å². The molecule has 0 radical (unpaired) electrons. The van der Waals surface area contributed by atoms with E-state index in [1.807, 2.05) is 13.8 Å². The van der Waals surface area contributed by atoms with Crippen LogP contribution in [0.4, 0.5) is 0 Å². The van der Waals surface area contributed by atoms with Crippen LogP contribution in [-0.2, 0) is 32.8 Å². The molecule has 1 saturated heterocycles. The topological polar surface area (TPSA) is 120 Å². The van der Waals surface area contributed by atoms with Gasteiger partial charge in [0, 0.05) is 24.8 Å². The first-order chi connectivity index (χ1) is 18.1. The van der Waals surface area contributed by atoms with Crippen molar-refractivity contribution >= 4 is 29.9 Å². The Kier molecular flexibility index (Phi) is 12.5. The number of benzene rings is 2. The molecule has 2 unspecified atom stereocenters. The van der Waals surface area contributed by atoms with E-state index < -0.39 is 39.3 Å². The second-order valence-corrected chi connectivity index (χ2v) is 11.0. The van der Waals surface area contributed by atoms with E-state index in [0.29, 0.717) is 6.10 Å². The van der Waals surface area contributed by atoms with Crippen LogP contribution < -0.4 is 29.6 Å². The average Bonchev–Trinajstić information content (AvgIpc) is 3.60. The van der Waals surface area contributed by atoms with Crippen molar-refractivity contribution in [1.82, 2.24) is 0 Å². The molecule has 190 valence electrons. The van der Waals surface area contributed by atoms with Gasteiger partial charge in [-0.1, -0.05) is 35.4 Å². The molecule has 0 saturated carbocycles. The molecule has 2 aromatic rings. The first-order valence-electron chi connectivity index (χ1n) is 12.9. The van der Waals surface area contributed by atoms with Gasteiger partial charge in [0.1, 0.15) is 0 Å². The zero-order chi connectivity index (χ0) is 31.4. The van der Waals surface area contributed by atoms with Gasteiger partial charge in [-0.05, 0) is 52.0 Å². The Labute approximate surface area is 241 Å². The van der Waals surface area contributed by atoms with Crippen LogP contribution in [0.2, 0.25) is 0 Å². The van der Waals surface area contributed by atoms with Crippen molar-refractivity contribution in [2.24, 2.45) is 0 Å². The molecule has 34 heavy (non-hydrogen) atoms. The summed E-state index contributed by atoms with van der Waals surface area (Å²) in [6.45, 7) is 7.85. The number of aliphatic hydroxyl groups is 1. The van der Waals surface area contributed by atoms with Crippen LogP contribution in [0.1, 0.15) is 34.6 Å². The number of hydrogen-bond acceptors (Lipinski definition) is 8. The first-order valence-corrected chi connectivity index (χ1v) is 13.2. The largest absolute Gasteiger partial charge is 1.00 e. The van der Waals surface area contributed by atoms with Gasteiger partial charge < -0.3 is 16.0 Å². The second-order valence-electron chi connectivity index (χ2n) is 6.88. The number of hydrogen-bond donors (Lipinski definition) is 1. The van der Waals surface area contributed by atoms with Crippen LogP contribution in [0.25, 0.3) is 0 Å². The van der Waals surface area contributed by atoms with Crippen molar-refractivity contribution in [2.75, 3.05) is 27.3 Å². The van der Waals surface area contributed by atoms with Gasteiger partial charge in [0.2, 0.25) is 1.43 Å². The van der Waals surface area contributed by atoms with Crippen molar-refractivity contribution in [3.8, 4) is 0 Å². The molecule has 2 atom stereocenters. The van der Waals surface area contributed by atoms with Gasteiger partial charge >= 0.3 is 29.6 Å². The molecular weight excluding hydrogens is 515 g/mol. The number of methoxy groups -OCH3 is 1. The molecule has 1 aliphatic heterocycles. The van der Waals surface area contributed by atoms with Crippen LogP contribution in [0.15, 0.2) is 58.3 Å². The minimum absolute atomic E-state index is 0. The van der Waals surface area contributed by atoms with E-state index in [2.05, 4.69) is 16.8 Å². The number of halogens is 1. The third-order valence-corrected chi connectivity index (χ3v) is 6.52. The molecule has 0 aliphatic carbocycles. The van der Waals surface area contributed by atoms with E-state index >= 15 is 0 Å². The standard InChI is InChI=1S/C11H16O4S.C7H7ClO2S.C3H6O.CH4O.Na.H/c1-9-4-6-11(7-5-9)16(12,13)15-10(2)8-14-3;1-6-2-4-7(5-3-6)11(8,9)10;1-3-2-4-3;1-2;;/h4-7,10H,8H2,1-3H3;2-5H,1H3;3H,2H2,1H3;2H,1H3;;/q;;;;+1;-1/i3D3;;;1D3,2D;;. The molecule has 3 rings (SSSR count). The molecule has 12 heteroatoms. The van der Waals surface area contributed by atoms with E-state index in [-0.39, 0.29) is 47.4 Å². The Bertz CT molecular complexity index is 1230. The number of rotatable bonds is 6. The fourth-order valence-electron chi connectivity index (χ4n) is 1.92. The number of ether oxygens (including phenoxy) is 2. The monoisotopic (exact) mass is 555 g/mol. The van der Waals surface area contributed by atoms with Crippen molar-refractivity contribution in [3.05, 3.63) is 59.7 Å². The van der Waals surface area contributed by atoms with Crippen molar-refractivity contribution in [3.63, 3.8) is 0 Å². The summed E-state index contributed by atoms with van der Waals surface area (Å²) in [7, 11) is -7.48. The SMILES string of the molecule is CC1CO1.Cc1ccc(S(=O)(=O)Cl)cc1.[2H]C([2H])([2H])OCC(C)OS(=O)(=O)c1ccc(C)cc1.[2H]OC([2H])([2H])[2H].[H-].[Na+]. The fourth-order valence-corrected chi connectivity index (χ4v) is 3.76. The number of epoxide rings is 1. The van der Waals surface area contributed by atoms with Crippen LogP contribution in [0, 0.1) is 13.8 Å². The molecule has 0 bridgehead atoms. The molecule has 1 fully saturated rings. The van der Waals surface area contributed by atoms with Crippen molar-refractivity contribution in [2.45, 2.75) is 49.7 Å². The molecule has 1 N–H and O–H groups in total. The Balaban J connectivity index is -0.000000556. The first kappa shape index (κ1) is 23.8. The third-order valence-electron chi connectivity index (χ3n) is 3.72. The van der Waals surface area contributed by atoms with E-state index in [9.17, 15) is 16.8 Å². The quantitative estimate of drug-likeness (QED) is 0.240. The molecule has 2 aromatic carbocycles. The van der Waals surface area contributed by atoms with Gasteiger partial charge in [-0.15, -0.1) is 0 Å². The van der Waals surface area contributed by atoms with Gasteiger partial charge in [-0.3, -0.25) is 4.18 Å². The Morgan fingerprint density at radius 2 is 1.53 bits per heavy atom. The Hall–Kier alpha value is -0.530. The van der Waals surface area contributed by atoms with E-state index in [1.54, 1.807) is 24.3 Å². The van der Waals surface area contributed by atoms with Gasteiger partial charge in [-0.25, -0.2) is 8.42 Å².